The summed E-state index contributed by atoms with van der Waals surface area (Å²) < 4.78 is 0.954. The molecule has 0 saturated carbocycles. The van der Waals surface area contributed by atoms with Crippen LogP contribution in [0.3, 0.4) is 0 Å². The Morgan fingerprint density at radius 3 is 3.06 bits per heavy atom. The third-order valence-corrected chi connectivity index (χ3v) is 3.76. The smallest absolute Gasteiger partial charge is 0.249 e. The fourth-order valence-corrected chi connectivity index (χ4v) is 2.58. The minimum absolute atomic E-state index is 0.0488. The number of fused-ring (bicyclic) bond motifs is 1. The Bertz CT molecular complexity index is 602. The molecule has 1 unspecified atom stereocenters. The van der Waals surface area contributed by atoms with Crippen LogP contribution in [-0.2, 0) is 0 Å². The zero-order valence-electron chi connectivity index (χ0n) is 9.20. The maximum Gasteiger partial charge on any atom is 0.249 e. The second-order valence-electron chi connectivity index (χ2n) is 3.57. The van der Waals surface area contributed by atoms with Gasteiger partial charge in [0.05, 0.1) is 11.7 Å². The summed E-state index contributed by atoms with van der Waals surface area (Å²) in [7, 11) is 5.46. The van der Waals surface area contributed by atoms with Crippen molar-refractivity contribution in [2.75, 3.05) is 12.0 Å². The molecule has 2 heterocycles. The normalized spacial score (nSPS) is 12.8. The van der Waals surface area contributed by atoms with E-state index in [1.54, 1.807) is 24.0 Å². The molecule has 86 valence electrons. The van der Waals surface area contributed by atoms with E-state index < -0.39 is 0 Å². The molecule has 0 fully saturated rings. The first-order chi connectivity index (χ1) is 8.13. The fraction of sp³-hybridized carbons (Fsp3) is 0.300. The Balaban J connectivity index is 2.56. The average molecular weight is 263 g/mol. The van der Waals surface area contributed by atoms with Crippen LogP contribution in [0, 0.1) is 0 Å². The van der Waals surface area contributed by atoms with Crippen LogP contribution in [0.1, 0.15) is 10.8 Å². The highest BCUT2D eigenvalue weighted by atomic mass is 32.2. The van der Waals surface area contributed by atoms with E-state index in [1.807, 2.05) is 6.26 Å². The van der Waals surface area contributed by atoms with Crippen molar-refractivity contribution in [2.24, 2.45) is 0 Å². The summed E-state index contributed by atoms with van der Waals surface area (Å²) >= 11 is 6.15. The molecule has 0 aliphatic rings. The Hall–Kier alpha value is -0.945. The molecule has 0 saturated heterocycles. The van der Waals surface area contributed by atoms with Gasteiger partial charge in [-0.05, 0) is 17.9 Å². The van der Waals surface area contributed by atoms with Crippen LogP contribution in [0.4, 0.5) is 0 Å². The molecule has 0 aliphatic heterocycles. The number of aromatic nitrogens is 3. The lowest BCUT2D eigenvalue weighted by Crippen LogP contribution is -2.19. The highest BCUT2D eigenvalue weighted by molar-refractivity contribution is 7.99. The second kappa shape index (κ2) is 5.14. The second-order valence-corrected chi connectivity index (χ2v) is 5.10. The molecule has 4 nitrogen and oxygen atoms in total. The van der Waals surface area contributed by atoms with E-state index in [1.165, 1.54) is 6.33 Å². The summed E-state index contributed by atoms with van der Waals surface area (Å²) in [6, 6.07) is 1.76. The van der Waals surface area contributed by atoms with Gasteiger partial charge in [-0.2, -0.15) is 24.4 Å². The van der Waals surface area contributed by atoms with Gasteiger partial charge < -0.3 is 4.48 Å². The van der Waals surface area contributed by atoms with E-state index in [4.69, 9.17) is 7.98 Å². The molecule has 0 N–H and O–H groups in total. The van der Waals surface area contributed by atoms with Crippen molar-refractivity contribution in [1.29, 1.82) is 0 Å². The summed E-state index contributed by atoms with van der Waals surface area (Å²) in [5.74, 6) is 0.855. The van der Waals surface area contributed by atoms with Gasteiger partial charge in [0.1, 0.15) is 0 Å². The zero-order chi connectivity index (χ0) is 12.4. The number of pyridine rings is 1. The average Bonchev–Trinajstić information content (AvgIpc) is 2.34. The van der Waals surface area contributed by atoms with Gasteiger partial charge in [0.15, 0.2) is 5.65 Å². The van der Waals surface area contributed by atoms with Gasteiger partial charge in [-0.25, -0.2) is 9.97 Å². The molecule has 0 aliphatic carbocycles. The predicted octanol–water partition coefficient (Wildman–Crippen LogP) is 1.06. The SMILES string of the molecule is [B]n1cnc2ncc(C(S)CSC)cc2c1=O. The maximum atomic E-state index is 11.8. The summed E-state index contributed by atoms with van der Waals surface area (Å²) in [6.07, 6.45) is 4.97. The molecule has 0 spiro atoms. The molecule has 0 amide bonds. The number of hydrogen-bond acceptors (Lipinski definition) is 5. The van der Waals surface area contributed by atoms with Gasteiger partial charge >= 0.3 is 0 Å². The van der Waals surface area contributed by atoms with Crippen molar-refractivity contribution in [2.45, 2.75) is 5.25 Å². The van der Waals surface area contributed by atoms with Crippen LogP contribution in [0.2, 0.25) is 0 Å². The first kappa shape index (κ1) is 12.5. The van der Waals surface area contributed by atoms with Gasteiger partial charge in [-0.15, -0.1) is 0 Å². The quantitative estimate of drug-likeness (QED) is 0.664. The predicted molar refractivity (Wildman–Crippen MR) is 75.1 cm³/mol. The van der Waals surface area contributed by atoms with Gasteiger partial charge in [0.2, 0.25) is 13.5 Å². The molecule has 7 heteroatoms. The topological polar surface area (TPSA) is 47.8 Å². The lowest BCUT2D eigenvalue weighted by molar-refractivity contribution is 1.05. The summed E-state index contributed by atoms with van der Waals surface area (Å²) in [5.41, 5.74) is 1.01. The summed E-state index contributed by atoms with van der Waals surface area (Å²) in [5, 5.41) is 0.473. The molecule has 2 radical (unpaired) electrons. The van der Waals surface area contributed by atoms with Crippen LogP contribution in [0.15, 0.2) is 23.4 Å². The molecule has 0 bridgehead atoms. The number of thioether (sulfide) groups is 1. The summed E-state index contributed by atoms with van der Waals surface area (Å²) in [6.45, 7) is 0. The van der Waals surface area contributed by atoms with Crippen LogP contribution < -0.4 is 5.56 Å². The molecule has 17 heavy (non-hydrogen) atoms. The first-order valence-electron chi connectivity index (χ1n) is 4.93. The van der Waals surface area contributed by atoms with Crippen molar-refractivity contribution in [3.8, 4) is 0 Å². The standard InChI is InChI=1S/C10H10BN3OS2/c1-17-4-8(16)6-2-7-9(12-3-6)13-5-14(11)10(7)15/h2-3,5,8,16H,4H2,1H3. The number of nitrogens with zero attached hydrogens (tertiary/aromatic N) is 3. The first-order valence-corrected chi connectivity index (χ1v) is 6.84. The molecular formula is C10H10BN3OS2. The Labute approximate surface area is 110 Å². The van der Waals surface area contributed by atoms with Crippen molar-refractivity contribution in [3.63, 3.8) is 0 Å². The molecular weight excluding hydrogens is 253 g/mol. The highest BCUT2D eigenvalue weighted by Crippen LogP contribution is 2.23. The molecule has 2 rings (SSSR count). The maximum absolute atomic E-state index is 11.8. The van der Waals surface area contributed by atoms with Crippen LogP contribution >= 0.6 is 24.4 Å². The highest BCUT2D eigenvalue weighted by Gasteiger charge is 2.09. The third-order valence-electron chi connectivity index (χ3n) is 2.37. The number of hydrogen-bond donors (Lipinski definition) is 1. The Morgan fingerprint density at radius 2 is 2.35 bits per heavy atom. The lowest BCUT2D eigenvalue weighted by Gasteiger charge is -2.09. The number of thiol groups is 1. The van der Waals surface area contributed by atoms with Crippen molar-refractivity contribution >= 4 is 43.4 Å². The molecule has 1 atom stereocenters. The molecule has 0 aromatic carbocycles. The van der Waals surface area contributed by atoms with Crippen molar-refractivity contribution in [3.05, 3.63) is 34.5 Å². The minimum Gasteiger partial charge on any atom is -0.356 e. The largest absolute Gasteiger partial charge is 0.356 e. The molecule has 2 aromatic rings. The Kier molecular flexibility index (Phi) is 3.78. The monoisotopic (exact) mass is 263 g/mol. The van der Waals surface area contributed by atoms with Crippen molar-refractivity contribution in [1.82, 2.24) is 14.4 Å². The van der Waals surface area contributed by atoms with Gasteiger partial charge in [0.25, 0.3) is 0 Å². The van der Waals surface area contributed by atoms with E-state index in [0.29, 0.717) is 11.0 Å². The van der Waals surface area contributed by atoms with Gasteiger partial charge in [0, 0.05) is 17.2 Å². The summed E-state index contributed by atoms with van der Waals surface area (Å²) in [4.78, 5) is 19.9. The van der Waals surface area contributed by atoms with Crippen molar-refractivity contribution < 1.29 is 0 Å². The third kappa shape index (κ3) is 2.50. The van der Waals surface area contributed by atoms with E-state index in [2.05, 4.69) is 22.6 Å². The van der Waals surface area contributed by atoms with E-state index >= 15 is 0 Å². The van der Waals surface area contributed by atoms with Crippen LogP contribution in [0.5, 0.6) is 0 Å². The lowest BCUT2D eigenvalue weighted by atomic mass is 10.2. The van der Waals surface area contributed by atoms with E-state index in [-0.39, 0.29) is 10.8 Å². The van der Waals surface area contributed by atoms with E-state index in [9.17, 15) is 4.79 Å². The fourth-order valence-electron chi connectivity index (χ4n) is 1.48. The van der Waals surface area contributed by atoms with Crippen LogP contribution in [0.25, 0.3) is 11.0 Å². The Morgan fingerprint density at radius 1 is 1.59 bits per heavy atom. The van der Waals surface area contributed by atoms with Crippen LogP contribution in [-0.4, -0.2) is 34.4 Å². The minimum atomic E-state index is -0.297. The number of rotatable bonds is 3. The zero-order valence-corrected chi connectivity index (χ0v) is 10.9. The van der Waals surface area contributed by atoms with Gasteiger partial charge in [-0.1, -0.05) is 0 Å². The molecule has 2 aromatic heterocycles. The van der Waals surface area contributed by atoms with E-state index in [0.717, 1.165) is 15.8 Å². The van der Waals surface area contributed by atoms with Gasteiger partial charge in [-0.3, -0.25) is 4.79 Å².